The second kappa shape index (κ2) is 5.99. The van der Waals surface area contributed by atoms with E-state index in [1.165, 1.54) is 0 Å². The third-order valence-electron chi connectivity index (χ3n) is 4.72. The van der Waals surface area contributed by atoms with Gasteiger partial charge in [-0.1, -0.05) is 13.8 Å². The first-order chi connectivity index (χ1) is 9.43. The van der Waals surface area contributed by atoms with E-state index in [0.717, 1.165) is 26.2 Å². The highest BCUT2D eigenvalue weighted by atomic mass is 16.4. The van der Waals surface area contributed by atoms with Crippen LogP contribution in [0.15, 0.2) is 0 Å². The van der Waals surface area contributed by atoms with Crippen molar-refractivity contribution < 1.29 is 14.7 Å². The van der Waals surface area contributed by atoms with Crippen LogP contribution in [0.5, 0.6) is 0 Å². The fraction of sp³-hybridized carbons (Fsp3) is 0.857. The summed E-state index contributed by atoms with van der Waals surface area (Å²) in [5.74, 6) is -1.03. The van der Waals surface area contributed by atoms with Crippen molar-refractivity contribution in [3.63, 3.8) is 0 Å². The Balaban J connectivity index is 1.81. The molecule has 0 spiro atoms. The third kappa shape index (κ3) is 2.90. The average Bonchev–Trinajstić information content (AvgIpc) is 2.36. The number of rotatable bonds is 3. The number of hydrogen-bond acceptors (Lipinski definition) is 3. The molecule has 2 heterocycles. The number of carboxylic acid groups (broad SMARTS) is 1. The second-order valence-electron chi connectivity index (χ2n) is 6.00. The zero-order valence-corrected chi connectivity index (χ0v) is 12.6. The summed E-state index contributed by atoms with van der Waals surface area (Å²) in [7, 11) is 0. The van der Waals surface area contributed by atoms with E-state index in [1.54, 1.807) is 11.8 Å². The van der Waals surface area contributed by atoms with E-state index in [9.17, 15) is 9.59 Å². The summed E-state index contributed by atoms with van der Waals surface area (Å²) >= 11 is 0. The molecule has 6 nitrogen and oxygen atoms in total. The number of piperazine rings is 1. The lowest BCUT2D eigenvalue weighted by atomic mass is 9.87. The van der Waals surface area contributed by atoms with Crippen LogP contribution in [-0.4, -0.2) is 77.1 Å². The molecule has 2 unspecified atom stereocenters. The van der Waals surface area contributed by atoms with Crippen molar-refractivity contribution in [1.29, 1.82) is 0 Å². The number of hydrogen-bond donors (Lipinski definition) is 1. The zero-order valence-electron chi connectivity index (χ0n) is 12.6. The molecule has 6 heteroatoms. The van der Waals surface area contributed by atoms with Crippen LogP contribution in [0.2, 0.25) is 0 Å². The smallest absolute Gasteiger partial charge is 0.320 e. The number of urea groups is 1. The highest BCUT2D eigenvalue weighted by molar-refractivity contribution is 5.76. The molecular weight excluding hydrogens is 258 g/mol. The van der Waals surface area contributed by atoms with E-state index < -0.39 is 5.97 Å². The first kappa shape index (κ1) is 15.1. The van der Waals surface area contributed by atoms with Gasteiger partial charge in [0.2, 0.25) is 0 Å². The first-order valence-electron chi connectivity index (χ1n) is 7.44. The second-order valence-corrected chi connectivity index (χ2v) is 6.00. The number of carbonyl (C=O) groups excluding carboxylic acids is 1. The van der Waals surface area contributed by atoms with E-state index in [0.29, 0.717) is 19.1 Å². The summed E-state index contributed by atoms with van der Waals surface area (Å²) in [6.07, 6.45) is 0. The lowest BCUT2D eigenvalue weighted by molar-refractivity contribution is -0.145. The number of nitrogens with zero attached hydrogens (tertiary/aromatic N) is 3. The minimum Gasteiger partial charge on any atom is -0.481 e. The summed E-state index contributed by atoms with van der Waals surface area (Å²) in [5, 5.41) is 8.96. The number of aliphatic carboxylic acids is 1. The van der Waals surface area contributed by atoms with Crippen molar-refractivity contribution in [2.24, 2.45) is 11.8 Å². The Morgan fingerprint density at radius 3 is 2.35 bits per heavy atom. The van der Waals surface area contributed by atoms with Gasteiger partial charge >= 0.3 is 12.0 Å². The molecule has 0 saturated carbocycles. The largest absolute Gasteiger partial charge is 0.481 e. The summed E-state index contributed by atoms with van der Waals surface area (Å²) in [5.41, 5.74) is 0. The lowest BCUT2D eigenvalue weighted by Gasteiger charge is -2.46. The topological polar surface area (TPSA) is 64.1 Å². The van der Waals surface area contributed by atoms with Gasteiger partial charge in [0.1, 0.15) is 0 Å². The number of carboxylic acids is 1. The summed E-state index contributed by atoms with van der Waals surface area (Å²) in [6, 6.07) is 0.467. The first-order valence-corrected chi connectivity index (χ1v) is 7.44. The molecule has 2 fully saturated rings. The van der Waals surface area contributed by atoms with Gasteiger partial charge in [-0.05, 0) is 13.5 Å². The molecule has 2 aliphatic heterocycles. The van der Waals surface area contributed by atoms with Crippen LogP contribution in [0.1, 0.15) is 20.8 Å². The zero-order chi connectivity index (χ0) is 14.9. The monoisotopic (exact) mass is 283 g/mol. The molecule has 2 amide bonds. The maximum atomic E-state index is 12.3. The normalized spacial score (nSPS) is 26.2. The molecule has 0 aliphatic carbocycles. The minimum atomic E-state index is -0.771. The van der Waals surface area contributed by atoms with Crippen LogP contribution in [0.25, 0.3) is 0 Å². The molecule has 20 heavy (non-hydrogen) atoms. The van der Waals surface area contributed by atoms with Crippen LogP contribution in [0.3, 0.4) is 0 Å². The fourth-order valence-electron chi connectivity index (χ4n) is 3.03. The molecule has 2 atom stereocenters. The highest BCUT2D eigenvalue weighted by Gasteiger charge is 2.39. The Kier molecular flexibility index (Phi) is 4.52. The Labute approximate surface area is 120 Å². The number of likely N-dealkylation sites (tertiary alicyclic amines) is 1. The van der Waals surface area contributed by atoms with Crippen LogP contribution >= 0.6 is 0 Å². The van der Waals surface area contributed by atoms with Crippen molar-refractivity contribution in [1.82, 2.24) is 14.7 Å². The summed E-state index contributed by atoms with van der Waals surface area (Å²) < 4.78 is 0. The molecule has 114 valence electrons. The van der Waals surface area contributed by atoms with Crippen molar-refractivity contribution in [3.05, 3.63) is 0 Å². The van der Waals surface area contributed by atoms with Crippen molar-refractivity contribution in [2.75, 3.05) is 39.3 Å². The van der Waals surface area contributed by atoms with E-state index in [2.05, 4.69) is 18.7 Å². The fourth-order valence-corrected chi connectivity index (χ4v) is 3.03. The number of amides is 2. The molecular formula is C14H25N3O3. The van der Waals surface area contributed by atoms with E-state index in [-0.39, 0.29) is 17.9 Å². The van der Waals surface area contributed by atoms with Gasteiger partial charge in [0.25, 0.3) is 0 Å². The minimum absolute atomic E-state index is 0.0708. The predicted molar refractivity (Wildman–Crippen MR) is 75.5 cm³/mol. The molecule has 2 saturated heterocycles. The summed E-state index contributed by atoms with van der Waals surface area (Å²) in [4.78, 5) is 29.3. The Bertz CT molecular complexity index is 382. The maximum Gasteiger partial charge on any atom is 0.320 e. The van der Waals surface area contributed by atoms with Gasteiger partial charge in [0.05, 0.1) is 5.92 Å². The quantitative estimate of drug-likeness (QED) is 0.831. The average molecular weight is 283 g/mol. The van der Waals surface area contributed by atoms with Gasteiger partial charge < -0.3 is 14.9 Å². The predicted octanol–water partition coefficient (Wildman–Crippen LogP) is 0.785. The van der Waals surface area contributed by atoms with Crippen molar-refractivity contribution >= 4 is 12.0 Å². The van der Waals surface area contributed by atoms with E-state index in [4.69, 9.17) is 5.11 Å². The molecule has 0 aromatic rings. The van der Waals surface area contributed by atoms with Gasteiger partial charge in [0.15, 0.2) is 0 Å². The summed E-state index contributed by atoms with van der Waals surface area (Å²) in [6.45, 7) is 10.6. The molecule has 0 aromatic heterocycles. The van der Waals surface area contributed by atoms with Gasteiger partial charge in [-0.25, -0.2) is 4.79 Å². The Hall–Kier alpha value is -1.30. The highest BCUT2D eigenvalue weighted by Crippen LogP contribution is 2.25. The lowest BCUT2D eigenvalue weighted by Crippen LogP contribution is -2.61. The third-order valence-corrected chi connectivity index (χ3v) is 4.72. The molecule has 0 radical (unpaired) electrons. The van der Waals surface area contributed by atoms with Crippen molar-refractivity contribution in [3.8, 4) is 0 Å². The molecule has 1 N–H and O–H groups in total. The van der Waals surface area contributed by atoms with Crippen LogP contribution in [0.4, 0.5) is 4.79 Å². The van der Waals surface area contributed by atoms with E-state index >= 15 is 0 Å². The molecule has 2 aliphatic rings. The van der Waals surface area contributed by atoms with Crippen LogP contribution in [-0.2, 0) is 4.79 Å². The van der Waals surface area contributed by atoms with Gasteiger partial charge in [-0.2, -0.15) is 0 Å². The standard InChI is InChI=1S/C14H25N3O3/c1-4-15-5-6-16(7-10(15)2)14(20)17-8-12(9-17)11(3)13(18)19/h10-12H,4-9H2,1-3H3,(H,18,19). The maximum absolute atomic E-state index is 12.3. The Morgan fingerprint density at radius 2 is 1.85 bits per heavy atom. The molecule has 0 aromatic carbocycles. The van der Waals surface area contributed by atoms with Gasteiger partial charge in [-0.3, -0.25) is 9.69 Å². The number of carbonyl (C=O) groups is 2. The van der Waals surface area contributed by atoms with Crippen LogP contribution in [0, 0.1) is 11.8 Å². The SMILES string of the molecule is CCN1CCN(C(=O)N2CC(C(C)C(=O)O)C2)CC1C. The van der Waals surface area contributed by atoms with Crippen LogP contribution < -0.4 is 0 Å². The van der Waals surface area contributed by atoms with E-state index in [1.807, 2.05) is 4.90 Å². The van der Waals surface area contributed by atoms with Gasteiger partial charge in [0, 0.05) is 44.7 Å². The molecule has 2 rings (SSSR count). The number of likely N-dealkylation sites (N-methyl/N-ethyl adjacent to an activating group) is 1. The molecule has 0 bridgehead atoms. The van der Waals surface area contributed by atoms with Crippen molar-refractivity contribution in [2.45, 2.75) is 26.8 Å². The van der Waals surface area contributed by atoms with Gasteiger partial charge in [-0.15, -0.1) is 0 Å². The Morgan fingerprint density at radius 1 is 1.20 bits per heavy atom.